The third-order valence-corrected chi connectivity index (χ3v) is 10.6. The second-order valence-electron chi connectivity index (χ2n) is 16.4. The van der Waals surface area contributed by atoms with Crippen molar-refractivity contribution in [3.8, 4) is 44.8 Å². The number of pyridine rings is 2. The number of carbonyl (C=O) groups excluding carboxylic acids is 1. The Balaban J connectivity index is 0.000000171. The fourth-order valence-electron chi connectivity index (χ4n) is 7.40. The first-order valence-corrected chi connectivity index (χ1v) is 21.5. The van der Waals surface area contributed by atoms with Crippen LogP contribution in [0.2, 0.25) is 0 Å². The van der Waals surface area contributed by atoms with Crippen molar-refractivity contribution in [3.05, 3.63) is 206 Å². The summed E-state index contributed by atoms with van der Waals surface area (Å²) >= 11 is 0. The summed E-state index contributed by atoms with van der Waals surface area (Å²) in [7, 11) is 0. The van der Waals surface area contributed by atoms with Crippen molar-refractivity contribution in [2.24, 2.45) is 0 Å². The van der Waals surface area contributed by atoms with Crippen LogP contribution in [0.25, 0.3) is 56.1 Å². The second kappa shape index (κ2) is 19.2. The molecule has 0 aliphatic carbocycles. The molecular formula is C53H44F2N10O2. The minimum absolute atomic E-state index is 0.188. The van der Waals surface area contributed by atoms with E-state index in [4.69, 9.17) is 14.7 Å². The average molecular weight is 891 g/mol. The van der Waals surface area contributed by atoms with Crippen molar-refractivity contribution in [3.63, 3.8) is 0 Å². The molecule has 332 valence electrons. The lowest BCUT2D eigenvalue weighted by Crippen LogP contribution is -2.37. The first-order chi connectivity index (χ1) is 32.6. The van der Waals surface area contributed by atoms with E-state index < -0.39 is 17.5 Å². The molecule has 0 spiro atoms. The van der Waals surface area contributed by atoms with Crippen LogP contribution in [-0.4, -0.2) is 50.9 Å². The molecule has 10 rings (SSSR count). The number of fused-ring (bicyclic) bond motifs is 2. The molecule has 0 aliphatic heterocycles. The Labute approximate surface area is 385 Å². The van der Waals surface area contributed by atoms with Gasteiger partial charge in [0.25, 0.3) is 0 Å². The molecule has 0 bridgehead atoms. The standard InChI is InChI=1S/C29H26FN5O2.C24H18FN5/c1-29(2,3)37-28(36)34(19-20-13-15-31-16-14-20)26-17-25(22-11-7-8-12-24(22)30)33-27-23(18-32-35(26)27)21-9-5-4-6-10-21;25-21-9-5-4-8-19(21)22-14-23(27-15-17-10-12-26-13-11-17)30-24(29-22)20(16-28-30)18-6-2-1-3-7-18/h4-18H,19H2,1-3H3;1-14,16,27H,15H2. The van der Waals surface area contributed by atoms with Gasteiger partial charge in [-0.2, -0.15) is 19.2 Å². The van der Waals surface area contributed by atoms with E-state index in [2.05, 4.69) is 25.5 Å². The fraction of sp³-hybridized carbons (Fsp3) is 0.113. The van der Waals surface area contributed by atoms with Crippen LogP contribution in [0.3, 0.4) is 0 Å². The van der Waals surface area contributed by atoms with Gasteiger partial charge >= 0.3 is 6.09 Å². The Morgan fingerprint density at radius 3 is 1.61 bits per heavy atom. The molecule has 14 heteroatoms. The summed E-state index contributed by atoms with van der Waals surface area (Å²) in [4.78, 5) is 32.7. The summed E-state index contributed by atoms with van der Waals surface area (Å²) in [5, 5.41) is 12.6. The molecular weight excluding hydrogens is 847 g/mol. The number of ether oxygens (including phenoxy) is 1. The van der Waals surface area contributed by atoms with Crippen LogP contribution < -0.4 is 10.2 Å². The number of benzene rings is 4. The number of anilines is 2. The van der Waals surface area contributed by atoms with Crippen LogP contribution in [0.5, 0.6) is 0 Å². The zero-order valence-corrected chi connectivity index (χ0v) is 36.8. The highest BCUT2D eigenvalue weighted by Gasteiger charge is 2.28. The van der Waals surface area contributed by atoms with Gasteiger partial charge in [-0.05, 0) is 91.6 Å². The molecule has 6 aromatic heterocycles. The first kappa shape index (κ1) is 43.6. The molecule has 1 amide bonds. The number of carbonyl (C=O) groups is 1. The van der Waals surface area contributed by atoms with Crippen LogP contribution in [-0.2, 0) is 17.8 Å². The van der Waals surface area contributed by atoms with E-state index in [1.807, 2.05) is 118 Å². The van der Waals surface area contributed by atoms with Crippen LogP contribution in [0.1, 0.15) is 31.9 Å². The quantitative estimate of drug-likeness (QED) is 0.143. The SMILES string of the molecule is CC(C)(C)OC(=O)N(Cc1ccncc1)c1cc(-c2ccccc2F)nc2c(-c3ccccc3)cnn12.Fc1ccccc1-c1cc(NCc2ccncc2)n2ncc(-c3ccccc3)c2n1. The first-order valence-electron chi connectivity index (χ1n) is 21.5. The van der Waals surface area contributed by atoms with E-state index in [1.165, 1.54) is 17.0 Å². The topological polar surface area (TPSA) is 128 Å². The predicted octanol–water partition coefficient (Wildman–Crippen LogP) is 11.7. The Kier molecular flexibility index (Phi) is 12.5. The van der Waals surface area contributed by atoms with Gasteiger partial charge in [0.15, 0.2) is 11.3 Å². The molecule has 0 fully saturated rings. The van der Waals surface area contributed by atoms with E-state index >= 15 is 0 Å². The molecule has 12 nitrogen and oxygen atoms in total. The monoisotopic (exact) mass is 890 g/mol. The maximum atomic E-state index is 14.9. The number of rotatable bonds is 10. The molecule has 0 radical (unpaired) electrons. The van der Waals surface area contributed by atoms with Gasteiger partial charge in [-0.25, -0.2) is 23.5 Å². The number of amides is 1. The number of nitrogens with one attached hydrogen (secondary N) is 1. The molecule has 0 atom stereocenters. The van der Waals surface area contributed by atoms with Crippen molar-refractivity contribution in [1.82, 2.24) is 39.2 Å². The molecule has 6 heterocycles. The van der Waals surface area contributed by atoms with E-state index in [1.54, 1.807) is 82.6 Å². The summed E-state index contributed by atoms with van der Waals surface area (Å²) in [6.45, 7) is 6.20. The highest BCUT2D eigenvalue weighted by atomic mass is 19.1. The van der Waals surface area contributed by atoms with Crippen molar-refractivity contribution in [1.29, 1.82) is 0 Å². The Morgan fingerprint density at radius 1 is 0.597 bits per heavy atom. The van der Waals surface area contributed by atoms with E-state index in [0.717, 1.165) is 39.2 Å². The van der Waals surface area contributed by atoms with Crippen LogP contribution in [0, 0.1) is 11.6 Å². The minimum atomic E-state index is -0.729. The van der Waals surface area contributed by atoms with Gasteiger partial charge in [0.05, 0.1) is 30.3 Å². The van der Waals surface area contributed by atoms with Gasteiger partial charge in [0.2, 0.25) is 0 Å². The smallest absolute Gasteiger partial charge is 0.416 e. The van der Waals surface area contributed by atoms with Crippen molar-refractivity contribution < 1.29 is 18.3 Å². The van der Waals surface area contributed by atoms with Gasteiger partial charge in [-0.15, -0.1) is 0 Å². The van der Waals surface area contributed by atoms with Crippen molar-refractivity contribution in [2.75, 3.05) is 10.2 Å². The summed E-state index contributed by atoms with van der Waals surface area (Å²) in [5.74, 6) is 0.410. The molecule has 67 heavy (non-hydrogen) atoms. The predicted molar refractivity (Wildman–Crippen MR) is 256 cm³/mol. The highest BCUT2D eigenvalue weighted by molar-refractivity contribution is 5.90. The lowest BCUT2D eigenvalue weighted by molar-refractivity contribution is 0.0575. The van der Waals surface area contributed by atoms with Crippen molar-refractivity contribution in [2.45, 2.75) is 39.5 Å². The summed E-state index contributed by atoms with van der Waals surface area (Å²) < 4.78 is 38.6. The minimum Gasteiger partial charge on any atom is -0.443 e. The Hall–Kier alpha value is -8.65. The lowest BCUT2D eigenvalue weighted by atomic mass is 10.1. The van der Waals surface area contributed by atoms with Gasteiger partial charge in [-0.1, -0.05) is 84.9 Å². The van der Waals surface area contributed by atoms with Crippen LogP contribution in [0.15, 0.2) is 183 Å². The fourth-order valence-corrected chi connectivity index (χ4v) is 7.40. The summed E-state index contributed by atoms with van der Waals surface area (Å²) in [6.07, 6.45) is 9.77. The number of nitrogens with zero attached hydrogens (tertiary/aromatic N) is 9. The molecule has 0 saturated carbocycles. The maximum absolute atomic E-state index is 14.9. The molecule has 1 N–H and O–H groups in total. The van der Waals surface area contributed by atoms with E-state index in [0.29, 0.717) is 46.2 Å². The van der Waals surface area contributed by atoms with Gasteiger partial charge < -0.3 is 10.1 Å². The lowest BCUT2D eigenvalue weighted by Gasteiger charge is -2.28. The number of halogens is 2. The second-order valence-corrected chi connectivity index (χ2v) is 16.4. The van der Waals surface area contributed by atoms with E-state index in [-0.39, 0.29) is 12.4 Å². The summed E-state index contributed by atoms with van der Waals surface area (Å²) in [5.41, 5.74) is 7.60. The highest BCUT2D eigenvalue weighted by Crippen LogP contribution is 2.34. The van der Waals surface area contributed by atoms with Gasteiger partial charge in [-0.3, -0.25) is 14.9 Å². The zero-order chi connectivity index (χ0) is 46.3. The molecule has 0 unspecified atom stereocenters. The van der Waals surface area contributed by atoms with Gasteiger partial charge in [0, 0.05) is 65.7 Å². The van der Waals surface area contributed by atoms with Crippen molar-refractivity contribution >= 4 is 29.0 Å². The largest absolute Gasteiger partial charge is 0.443 e. The molecule has 10 aromatic rings. The van der Waals surface area contributed by atoms with Crippen LogP contribution >= 0.6 is 0 Å². The Bertz CT molecular complexity index is 3290. The number of aromatic nitrogens is 8. The third kappa shape index (κ3) is 9.88. The number of hydrogen-bond acceptors (Lipinski definition) is 9. The zero-order valence-electron chi connectivity index (χ0n) is 36.8. The molecule has 0 saturated heterocycles. The number of hydrogen-bond donors (Lipinski definition) is 1. The normalized spacial score (nSPS) is 11.2. The Morgan fingerprint density at radius 2 is 1.07 bits per heavy atom. The average Bonchev–Trinajstić information content (AvgIpc) is 3.99. The van der Waals surface area contributed by atoms with Crippen LogP contribution in [0.4, 0.5) is 25.2 Å². The van der Waals surface area contributed by atoms with E-state index in [9.17, 15) is 13.6 Å². The maximum Gasteiger partial charge on any atom is 0.416 e. The molecule has 4 aromatic carbocycles. The third-order valence-electron chi connectivity index (χ3n) is 10.6. The summed E-state index contributed by atoms with van der Waals surface area (Å²) in [6, 6.07) is 43.8. The molecule has 0 aliphatic rings. The van der Waals surface area contributed by atoms with Gasteiger partial charge in [0.1, 0.15) is 28.9 Å².